The molecule has 4 rings (SSSR count). The van der Waals surface area contributed by atoms with Gasteiger partial charge in [-0.3, -0.25) is 0 Å². The van der Waals surface area contributed by atoms with Crippen LogP contribution in [0.4, 0.5) is 0 Å². The van der Waals surface area contributed by atoms with Crippen LogP contribution in [0, 0.1) is 0 Å². The summed E-state index contributed by atoms with van der Waals surface area (Å²) in [7, 11) is 0. The molecule has 2 aromatic carbocycles. The van der Waals surface area contributed by atoms with E-state index in [0.29, 0.717) is 11.8 Å². The molecule has 0 radical (unpaired) electrons. The Morgan fingerprint density at radius 3 is 1.24 bits per heavy atom. The van der Waals surface area contributed by atoms with Crippen molar-refractivity contribution in [2.45, 2.75) is 50.4 Å². The molecule has 29 heavy (non-hydrogen) atoms. The van der Waals surface area contributed by atoms with E-state index in [2.05, 4.69) is 109 Å². The van der Waals surface area contributed by atoms with E-state index in [4.69, 9.17) is 0 Å². The van der Waals surface area contributed by atoms with Gasteiger partial charge in [0.05, 0.1) is 0 Å². The Morgan fingerprint density at radius 1 is 0.448 bits per heavy atom. The molecule has 0 aromatic heterocycles. The molecule has 0 nitrogen and oxygen atoms in total. The summed E-state index contributed by atoms with van der Waals surface area (Å²) in [6.07, 6.45) is 25.5. The average molecular weight is 427 g/mol. The summed E-state index contributed by atoms with van der Waals surface area (Å²) in [6.45, 7) is 0. The molecule has 0 bridgehead atoms. The fourth-order valence-corrected chi connectivity index (χ4v) is 3.68. The smallest absolute Gasteiger partial charge is 0.00524 e. The molecule has 0 fully saturated rings. The summed E-state index contributed by atoms with van der Waals surface area (Å²) in [6, 6.07) is 21.5. The largest absolute Gasteiger partial charge is 0.0882 e. The summed E-state index contributed by atoms with van der Waals surface area (Å²) in [4.78, 5) is 0. The van der Waals surface area contributed by atoms with Crippen LogP contribution in [0.1, 0.15) is 61.5 Å². The van der Waals surface area contributed by atoms with Gasteiger partial charge >= 0.3 is 0 Å². The van der Waals surface area contributed by atoms with Crippen molar-refractivity contribution in [3.63, 3.8) is 0 Å². The minimum atomic E-state index is 0. The summed E-state index contributed by atoms with van der Waals surface area (Å²) >= 11 is 0. The van der Waals surface area contributed by atoms with Crippen molar-refractivity contribution in [1.29, 1.82) is 0 Å². The normalized spacial score (nSPS) is 23.0. The van der Waals surface area contributed by atoms with Gasteiger partial charge in [0.25, 0.3) is 0 Å². The molecular weight excluding hydrogens is 395 g/mol. The summed E-state index contributed by atoms with van der Waals surface area (Å²) in [5.41, 5.74) is 2.85. The number of hydrogen-bond donors (Lipinski definition) is 0. The fraction of sp³-hybridized carbons (Fsp3) is 0.286. The van der Waals surface area contributed by atoms with Crippen LogP contribution in [-0.2, 0) is 16.5 Å². The molecule has 0 saturated carbocycles. The molecule has 0 amide bonds. The molecule has 0 heterocycles. The zero-order chi connectivity index (χ0) is 19.3. The maximum Gasteiger partial charge on any atom is 0.00524 e. The van der Waals surface area contributed by atoms with E-state index in [1.165, 1.54) is 36.8 Å². The van der Waals surface area contributed by atoms with Crippen LogP contribution >= 0.6 is 0 Å². The zero-order valence-corrected chi connectivity index (χ0v) is 18.1. The Labute approximate surface area is 187 Å². The van der Waals surface area contributed by atoms with E-state index in [0.717, 1.165) is 12.8 Å². The van der Waals surface area contributed by atoms with Crippen LogP contribution in [0.15, 0.2) is 109 Å². The first-order chi connectivity index (χ1) is 13.9. The van der Waals surface area contributed by atoms with Crippen LogP contribution in [0.25, 0.3) is 0 Å². The van der Waals surface area contributed by atoms with Gasteiger partial charge in [-0.15, -0.1) is 0 Å². The van der Waals surface area contributed by atoms with Crippen molar-refractivity contribution in [1.82, 2.24) is 0 Å². The van der Waals surface area contributed by atoms with E-state index in [9.17, 15) is 0 Å². The third-order valence-corrected chi connectivity index (χ3v) is 5.31. The first-order valence-electron chi connectivity index (χ1n) is 10.7. The van der Waals surface area contributed by atoms with Gasteiger partial charge in [0, 0.05) is 28.3 Å². The molecule has 0 aliphatic heterocycles. The van der Waals surface area contributed by atoms with Gasteiger partial charge in [0.1, 0.15) is 0 Å². The third-order valence-electron chi connectivity index (χ3n) is 5.31. The van der Waals surface area contributed by atoms with Crippen molar-refractivity contribution in [2.75, 3.05) is 0 Å². The maximum atomic E-state index is 2.35. The number of benzene rings is 2. The van der Waals surface area contributed by atoms with E-state index in [-0.39, 0.29) is 16.5 Å². The average Bonchev–Trinajstić information content (AvgIpc) is 2.69. The first kappa shape index (κ1) is 23.2. The monoisotopic (exact) mass is 426 g/mol. The van der Waals surface area contributed by atoms with Crippen LogP contribution in [0.5, 0.6) is 0 Å². The second kappa shape index (κ2) is 14.0. The van der Waals surface area contributed by atoms with Gasteiger partial charge in [-0.1, -0.05) is 109 Å². The maximum absolute atomic E-state index is 2.35. The van der Waals surface area contributed by atoms with Crippen molar-refractivity contribution in [2.24, 2.45) is 0 Å². The Morgan fingerprint density at radius 2 is 0.828 bits per heavy atom. The second-order valence-corrected chi connectivity index (χ2v) is 7.46. The predicted molar refractivity (Wildman–Crippen MR) is 123 cm³/mol. The molecule has 1 heteroatoms. The molecule has 154 valence electrons. The van der Waals surface area contributed by atoms with Crippen LogP contribution in [-0.4, -0.2) is 0 Å². The third kappa shape index (κ3) is 8.42. The SMILES string of the molecule is C1=CCC(c2ccccc2)/C=C\CC1.C1=CCC(c2ccccc2)/C=C\CC1.[Ni]. The Bertz CT molecular complexity index is 714. The molecule has 0 N–H and O–H groups in total. The Hall–Kier alpha value is -2.11. The summed E-state index contributed by atoms with van der Waals surface area (Å²) < 4.78 is 0. The molecule has 2 aliphatic carbocycles. The van der Waals surface area contributed by atoms with E-state index < -0.39 is 0 Å². The van der Waals surface area contributed by atoms with Crippen molar-refractivity contribution < 1.29 is 16.5 Å². The second-order valence-electron chi connectivity index (χ2n) is 7.46. The van der Waals surface area contributed by atoms with Gasteiger partial charge in [-0.2, -0.15) is 0 Å². The van der Waals surface area contributed by atoms with Gasteiger partial charge in [-0.05, 0) is 49.7 Å². The van der Waals surface area contributed by atoms with Gasteiger partial charge in [0.2, 0.25) is 0 Å². The molecule has 0 saturated heterocycles. The quantitative estimate of drug-likeness (QED) is 0.335. The van der Waals surface area contributed by atoms with Gasteiger partial charge < -0.3 is 0 Å². The fourth-order valence-electron chi connectivity index (χ4n) is 3.68. The number of rotatable bonds is 2. The van der Waals surface area contributed by atoms with Crippen LogP contribution < -0.4 is 0 Å². The predicted octanol–water partition coefficient (Wildman–Crippen LogP) is 8.13. The summed E-state index contributed by atoms with van der Waals surface area (Å²) in [5.74, 6) is 1.15. The van der Waals surface area contributed by atoms with E-state index >= 15 is 0 Å². The molecule has 2 atom stereocenters. The van der Waals surface area contributed by atoms with Crippen LogP contribution in [0.3, 0.4) is 0 Å². The molecule has 0 spiro atoms. The van der Waals surface area contributed by atoms with E-state index in [1.54, 1.807) is 0 Å². The molecule has 2 unspecified atom stereocenters. The zero-order valence-electron chi connectivity index (χ0n) is 17.1. The Kier molecular flexibility index (Phi) is 11.2. The Balaban J connectivity index is 0.000000200. The molecular formula is C28H32Ni. The topological polar surface area (TPSA) is 0 Å². The first-order valence-corrected chi connectivity index (χ1v) is 10.7. The van der Waals surface area contributed by atoms with Crippen LogP contribution in [0.2, 0.25) is 0 Å². The van der Waals surface area contributed by atoms with Crippen molar-refractivity contribution >= 4 is 0 Å². The number of allylic oxidation sites excluding steroid dienone is 8. The van der Waals surface area contributed by atoms with E-state index in [1.807, 2.05) is 0 Å². The van der Waals surface area contributed by atoms with Gasteiger partial charge in [0.15, 0.2) is 0 Å². The van der Waals surface area contributed by atoms with Gasteiger partial charge in [-0.25, -0.2) is 0 Å². The summed E-state index contributed by atoms with van der Waals surface area (Å²) in [5, 5.41) is 0. The standard InChI is InChI=1S/2C14H16.Ni/c2*1-2-5-9-13(10-6-3-1)14-11-7-4-8-12-14;/h2*2,4-8,10-13H,1,3,9H2;/b2*5-2?,10-6-;. The molecule has 2 aromatic rings. The van der Waals surface area contributed by atoms with Crippen molar-refractivity contribution in [3.05, 3.63) is 120 Å². The minimum Gasteiger partial charge on any atom is -0.0882 e. The number of hydrogen-bond acceptors (Lipinski definition) is 0. The molecule has 2 aliphatic rings. The van der Waals surface area contributed by atoms with Crippen molar-refractivity contribution in [3.8, 4) is 0 Å². The minimum absolute atomic E-state index is 0.